The first-order chi connectivity index (χ1) is 4.91. The Hall–Kier alpha value is -0.460. The minimum atomic E-state index is 1.03. The second-order valence-corrected chi connectivity index (χ2v) is 2.46. The zero-order chi connectivity index (χ0) is 7.66. The van der Waals surface area contributed by atoms with Crippen LogP contribution in [-0.4, -0.2) is 6.54 Å². The summed E-state index contributed by atoms with van der Waals surface area (Å²) in [5, 5.41) is 3.14. The normalized spacial score (nSPS) is 10.6. The van der Waals surface area contributed by atoms with Gasteiger partial charge in [-0.1, -0.05) is 25.8 Å². The average molecular weight is 141 g/mol. The van der Waals surface area contributed by atoms with Gasteiger partial charge in [0.15, 0.2) is 0 Å². The smallest absolute Gasteiger partial charge is 0.0112 e. The Morgan fingerprint density at radius 2 is 2.00 bits per heavy atom. The van der Waals surface area contributed by atoms with Gasteiger partial charge in [0, 0.05) is 6.54 Å². The van der Waals surface area contributed by atoms with Crippen LogP contribution in [0.5, 0.6) is 0 Å². The van der Waals surface area contributed by atoms with E-state index >= 15 is 0 Å². The Morgan fingerprint density at radius 3 is 2.60 bits per heavy atom. The molecule has 0 aromatic carbocycles. The maximum Gasteiger partial charge on any atom is 0.0112 e. The molecule has 10 heavy (non-hydrogen) atoms. The molecule has 0 aliphatic rings. The van der Waals surface area contributed by atoms with E-state index in [1.807, 2.05) is 0 Å². The van der Waals surface area contributed by atoms with E-state index in [4.69, 9.17) is 0 Å². The minimum Gasteiger partial charge on any atom is -0.391 e. The number of rotatable bonds is 6. The van der Waals surface area contributed by atoms with E-state index < -0.39 is 0 Å². The third-order valence-corrected chi connectivity index (χ3v) is 1.41. The van der Waals surface area contributed by atoms with Gasteiger partial charge in [-0.2, -0.15) is 0 Å². The molecule has 1 nitrogen and oxygen atoms in total. The lowest BCUT2D eigenvalue weighted by Gasteiger charge is -1.92. The molecule has 1 heteroatoms. The molecule has 0 aliphatic heterocycles. The van der Waals surface area contributed by atoms with Crippen molar-refractivity contribution in [3.63, 3.8) is 0 Å². The number of hydrogen-bond acceptors (Lipinski definition) is 1. The Labute approximate surface area is 64.5 Å². The second-order valence-electron chi connectivity index (χ2n) is 2.46. The molecule has 0 rings (SSSR count). The molecular formula is C9H19N. The lowest BCUT2D eigenvalue weighted by molar-refractivity contribution is 0.726. The third-order valence-electron chi connectivity index (χ3n) is 1.41. The molecule has 0 fully saturated rings. The van der Waals surface area contributed by atoms with Crippen molar-refractivity contribution in [1.29, 1.82) is 0 Å². The molecule has 0 amide bonds. The van der Waals surface area contributed by atoms with Crippen molar-refractivity contribution < 1.29 is 0 Å². The van der Waals surface area contributed by atoms with Crippen molar-refractivity contribution in [3.05, 3.63) is 12.3 Å². The van der Waals surface area contributed by atoms with Gasteiger partial charge >= 0.3 is 0 Å². The van der Waals surface area contributed by atoms with Gasteiger partial charge < -0.3 is 5.32 Å². The van der Waals surface area contributed by atoms with Gasteiger partial charge in [-0.3, -0.25) is 0 Å². The summed E-state index contributed by atoms with van der Waals surface area (Å²) in [5.74, 6) is 0. The lowest BCUT2D eigenvalue weighted by Crippen LogP contribution is -2.00. The van der Waals surface area contributed by atoms with Crippen molar-refractivity contribution in [1.82, 2.24) is 5.32 Å². The highest BCUT2D eigenvalue weighted by Crippen LogP contribution is 1.98. The van der Waals surface area contributed by atoms with Crippen molar-refractivity contribution in [3.8, 4) is 0 Å². The molecule has 0 radical (unpaired) electrons. The van der Waals surface area contributed by atoms with Crippen molar-refractivity contribution in [2.45, 2.75) is 39.5 Å². The van der Waals surface area contributed by atoms with E-state index in [0.717, 1.165) is 6.54 Å². The van der Waals surface area contributed by atoms with Gasteiger partial charge in [0.25, 0.3) is 0 Å². The SMILES string of the molecule is CCCCCC=CNCC. The summed E-state index contributed by atoms with van der Waals surface area (Å²) in [6.45, 7) is 5.37. The van der Waals surface area contributed by atoms with Gasteiger partial charge in [-0.25, -0.2) is 0 Å². The van der Waals surface area contributed by atoms with Crippen LogP contribution in [0, 0.1) is 0 Å². The van der Waals surface area contributed by atoms with Crippen LogP contribution in [-0.2, 0) is 0 Å². The van der Waals surface area contributed by atoms with Crippen LogP contribution in [0.2, 0.25) is 0 Å². The van der Waals surface area contributed by atoms with Gasteiger partial charge in [0.2, 0.25) is 0 Å². The minimum absolute atomic E-state index is 1.03. The average Bonchev–Trinajstić information content (AvgIpc) is 1.97. The zero-order valence-corrected chi connectivity index (χ0v) is 7.19. The molecule has 0 saturated carbocycles. The van der Waals surface area contributed by atoms with Crippen LogP contribution in [0.4, 0.5) is 0 Å². The summed E-state index contributed by atoms with van der Waals surface area (Å²) >= 11 is 0. The quantitative estimate of drug-likeness (QED) is 0.561. The number of nitrogens with one attached hydrogen (secondary N) is 1. The van der Waals surface area contributed by atoms with Crippen LogP contribution < -0.4 is 5.32 Å². The number of hydrogen-bond donors (Lipinski definition) is 1. The summed E-state index contributed by atoms with van der Waals surface area (Å²) in [6, 6.07) is 0. The largest absolute Gasteiger partial charge is 0.391 e. The first-order valence-corrected chi connectivity index (χ1v) is 4.30. The number of unbranched alkanes of at least 4 members (excludes halogenated alkanes) is 3. The Morgan fingerprint density at radius 1 is 1.20 bits per heavy atom. The van der Waals surface area contributed by atoms with Crippen LogP contribution in [0.1, 0.15) is 39.5 Å². The maximum atomic E-state index is 3.14. The standard InChI is InChI=1S/C9H19N/c1-3-5-6-7-8-9-10-4-2/h8-10H,3-7H2,1-2H3. The van der Waals surface area contributed by atoms with Crippen LogP contribution >= 0.6 is 0 Å². The van der Waals surface area contributed by atoms with Crippen LogP contribution in [0.25, 0.3) is 0 Å². The van der Waals surface area contributed by atoms with Gasteiger partial charge in [-0.05, 0) is 26.0 Å². The summed E-state index contributed by atoms with van der Waals surface area (Å²) < 4.78 is 0. The Balaban J connectivity index is 2.88. The molecule has 0 aliphatic carbocycles. The monoisotopic (exact) mass is 141 g/mol. The molecule has 0 aromatic heterocycles. The first-order valence-electron chi connectivity index (χ1n) is 4.30. The highest BCUT2D eigenvalue weighted by molar-refractivity contribution is 4.78. The second kappa shape index (κ2) is 8.54. The molecule has 0 aromatic rings. The molecule has 60 valence electrons. The Kier molecular flexibility index (Phi) is 8.15. The van der Waals surface area contributed by atoms with Gasteiger partial charge in [0.1, 0.15) is 0 Å². The topological polar surface area (TPSA) is 12.0 Å². The van der Waals surface area contributed by atoms with E-state index in [1.54, 1.807) is 0 Å². The van der Waals surface area contributed by atoms with E-state index in [2.05, 4.69) is 31.4 Å². The van der Waals surface area contributed by atoms with Crippen molar-refractivity contribution in [2.75, 3.05) is 6.54 Å². The lowest BCUT2D eigenvalue weighted by atomic mass is 10.2. The fourth-order valence-corrected chi connectivity index (χ4v) is 0.797. The highest BCUT2D eigenvalue weighted by Gasteiger charge is 1.79. The summed E-state index contributed by atoms with van der Waals surface area (Å²) in [5.41, 5.74) is 0. The van der Waals surface area contributed by atoms with Crippen LogP contribution in [0.15, 0.2) is 12.3 Å². The molecule has 1 N–H and O–H groups in total. The summed E-state index contributed by atoms with van der Waals surface area (Å²) in [4.78, 5) is 0. The van der Waals surface area contributed by atoms with E-state index in [1.165, 1.54) is 25.7 Å². The van der Waals surface area contributed by atoms with E-state index in [-0.39, 0.29) is 0 Å². The number of allylic oxidation sites excluding steroid dienone is 1. The molecule has 0 spiro atoms. The zero-order valence-electron chi connectivity index (χ0n) is 7.19. The Bertz CT molecular complexity index is 76.8. The van der Waals surface area contributed by atoms with Gasteiger partial charge in [-0.15, -0.1) is 0 Å². The molecule has 0 saturated heterocycles. The maximum absolute atomic E-state index is 3.14. The molecule has 0 unspecified atom stereocenters. The summed E-state index contributed by atoms with van der Waals surface area (Å²) in [7, 11) is 0. The molecule has 0 heterocycles. The van der Waals surface area contributed by atoms with Gasteiger partial charge in [0.05, 0.1) is 0 Å². The predicted octanol–water partition coefficient (Wildman–Crippen LogP) is 2.69. The molecule has 0 atom stereocenters. The fourth-order valence-electron chi connectivity index (χ4n) is 0.797. The van der Waals surface area contributed by atoms with Crippen molar-refractivity contribution in [2.24, 2.45) is 0 Å². The van der Waals surface area contributed by atoms with E-state index in [9.17, 15) is 0 Å². The fraction of sp³-hybridized carbons (Fsp3) is 0.778. The van der Waals surface area contributed by atoms with E-state index in [0.29, 0.717) is 0 Å². The summed E-state index contributed by atoms with van der Waals surface area (Å²) in [6.07, 6.45) is 9.49. The predicted molar refractivity (Wildman–Crippen MR) is 47.0 cm³/mol. The molecule has 0 bridgehead atoms. The molecular weight excluding hydrogens is 122 g/mol. The van der Waals surface area contributed by atoms with Crippen LogP contribution in [0.3, 0.4) is 0 Å². The third kappa shape index (κ3) is 7.54. The van der Waals surface area contributed by atoms with Crippen molar-refractivity contribution >= 4 is 0 Å². The first kappa shape index (κ1) is 9.54. The highest BCUT2D eigenvalue weighted by atomic mass is 14.8.